The molecule has 5 heteroatoms. The molecule has 0 aliphatic heterocycles. The second kappa shape index (κ2) is 8.52. The normalized spacial score (nSPS) is 10.3. The van der Waals surface area contributed by atoms with E-state index in [9.17, 15) is 9.59 Å². The molecule has 26 heavy (non-hydrogen) atoms. The van der Waals surface area contributed by atoms with Gasteiger partial charge in [0.15, 0.2) is 0 Å². The molecule has 0 fully saturated rings. The average Bonchev–Trinajstić information content (AvgIpc) is 2.58. The second-order valence-corrected chi connectivity index (χ2v) is 6.44. The summed E-state index contributed by atoms with van der Waals surface area (Å²) in [5, 5.41) is 2.92. The monoisotopic (exact) mass is 354 g/mol. The summed E-state index contributed by atoms with van der Waals surface area (Å²) in [4.78, 5) is 26.3. The summed E-state index contributed by atoms with van der Waals surface area (Å²) >= 11 is 0. The zero-order valence-corrected chi connectivity index (χ0v) is 16.1. The van der Waals surface area contributed by atoms with E-state index in [1.165, 1.54) is 4.90 Å². The SMILES string of the molecule is CCOc1ccc(C(=O)N(C)CC(=O)Nc2c(C)cc(C)cc2C)cc1. The summed E-state index contributed by atoms with van der Waals surface area (Å²) in [5.41, 5.74) is 4.50. The van der Waals surface area contributed by atoms with Crippen LogP contribution in [0.3, 0.4) is 0 Å². The van der Waals surface area contributed by atoms with Crippen molar-refractivity contribution in [3.63, 3.8) is 0 Å². The number of benzene rings is 2. The molecule has 0 saturated heterocycles. The van der Waals surface area contributed by atoms with E-state index >= 15 is 0 Å². The van der Waals surface area contributed by atoms with Crippen molar-refractivity contribution in [2.24, 2.45) is 0 Å². The van der Waals surface area contributed by atoms with Gasteiger partial charge in [0, 0.05) is 18.3 Å². The largest absolute Gasteiger partial charge is 0.494 e. The van der Waals surface area contributed by atoms with Gasteiger partial charge < -0.3 is 15.0 Å². The van der Waals surface area contributed by atoms with Crippen molar-refractivity contribution in [3.8, 4) is 5.75 Å². The Bertz CT molecular complexity index is 774. The summed E-state index contributed by atoms with van der Waals surface area (Å²) in [6.45, 7) is 8.41. The van der Waals surface area contributed by atoms with Gasteiger partial charge in [-0.25, -0.2) is 0 Å². The molecule has 0 aliphatic rings. The van der Waals surface area contributed by atoms with Crippen LogP contribution in [0, 0.1) is 20.8 Å². The van der Waals surface area contributed by atoms with Gasteiger partial charge in [0.1, 0.15) is 5.75 Å². The number of rotatable bonds is 6. The van der Waals surface area contributed by atoms with E-state index in [0.717, 1.165) is 28.1 Å². The van der Waals surface area contributed by atoms with Crippen LogP contribution in [0.1, 0.15) is 34.0 Å². The summed E-state index contributed by atoms with van der Waals surface area (Å²) in [5.74, 6) is 0.289. The van der Waals surface area contributed by atoms with Crippen LogP contribution in [0.2, 0.25) is 0 Å². The van der Waals surface area contributed by atoms with Crippen LogP contribution in [-0.4, -0.2) is 36.9 Å². The number of nitrogens with zero attached hydrogens (tertiary/aromatic N) is 1. The molecule has 2 rings (SSSR count). The zero-order chi connectivity index (χ0) is 19.3. The van der Waals surface area contributed by atoms with Gasteiger partial charge in [0.25, 0.3) is 5.91 Å². The maximum atomic E-state index is 12.5. The van der Waals surface area contributed by atoms with Crippen molar-refractivity contribution in [2.75, 3.05) is 25.5 Å². The summed E-state index contributed by atoms with van der Waals surface area (Å²) in [7, 11) is 1.62. The van der Waals surface area contributed by atoms with E-state index < -0.39 is 0 Å². The third kappa shape index (κ3) is 4.85. The lowest BCUT2D eigenvalue weighted by Gasteiger charge is -2.18. The fourth-order valence-corrected chi connectivity index (χ4v) is 2.92. The van der Waals surface area contributed by atoms with Gasteiger partial charge in [-0.2, -0.15) is 0 Å². The predicted molar refractivity (Wildman–Crippen MR) is 104 cm³/mol. The Hall–Kier alpha value is -2.82. The molecule has 0 aliphatic carbocycles. The molecule has 0 saturated carbocycles. The zero-order valence-electron chi connectivity index (χ0n) is 16.1. The Labute approximate surface area is 155 Å². The van der Waals surface area contributed by atoms with E-state index in [2.05, 4.69) is 5.32 Å². The van der Waals surface area contributed by atoms with Gasteiger partial charge in [-0.05, 0) is 63.1 Å². The number of anilines is 1. The first-order valence-corrected chi connectivity index (χ1v) is 8.67. The molecule has 0 aromatic heterocycles. The minimum Gasteiger partial charge on any atom is -0.494 e. The number of ether oxygens (including phenoxy) is 1. The molecular weight excluding hydrogens is 328 g/mol. The molecule has 2 aromatic carbocycles. The lowest BCUT2D eigenvalue weighted by Crippen LogP contribution is -2.35. The topological polar surface area (TPSA) is 58.6 Å². The Morgan fingerprint density at radius 2 is 1.62 bits per heavy atom. The van der Waals surface area contributed by atoms with Crippen LogP contribution in [0.25, 0.3) is 0 Å². The van der Waals surface area contributed by atoms with Crippen molar-refractivity contribution in [2.45, 2.75) is 27.7 Å². The molecule has 1 N–H and O–H groups in total. The van der Waals surface area contributed by atoms with Crippen LogP contribution >= 0.6 is 0 Å². The fraction of sp³-hybridized carbons (Fsp3) is 0.333. The van der Waals surface area contributed by atoms with Crippen molar-refractivity contribution in [3.05, 3.63) is 58.7 Å². The van der Waals surface area contributed by atoms with Crippen molar-refractivity contribution in [1.82, 2.24) is 4.90 Å². The lowest BCUT2D eigenvalue weighted by molar-refractivity contribution is -0.116. The number of hydrogen-bond donors (Lipinski definition) is 1. The molecule has 0 heterocycles. The molecule has 0 radical (unpaired) electrons. The molecule has 138 valence electrons. The van der Waals surface area contributed by atoms with E-state index in [1.54, 1.807) is 31.3 Å². The molecule has 0 spiro atoms. The summed E-state index contributed by atoms with van der Waals surface area (Å²) in [6.07, 6.45) is 0. The molecule has 2 amide bonds. The highest BCUT2D eigenvalue weighted by atomic mass is 16.5. The molecule has 5 nitrogen and oxygen atoms in total. The van der Waals surface area contributed by atoms with Crippen LogP contribution in [0.15, 0.2) is 36.4 Å². The first kappa shape index (κ1) is 19.5. The Balaban J connectivity index is 2.01. The number of carbonyl (C=O) groups excluding carboxylic acids is 2. The minimum atomic E-state index is -0.221. The molecule has 0 atom stereocenters. The van der Waals surface area contributed by atoms with Gasteiger partial charge in [-0.15, -0.1) is 0 Å². The van der Waals surface area contributed by atoms with Crippen molar-refractivity contribution in [1.29, 1.82) is 0 Å². The highest BCUT2D eigenvalue weighted by Crippen LogP contribution is 2.22. The Morgan fingerprint density at radius 1 is 1.04 bits per heavy atom. The number of likely N-dealkylation sites (N-methyl/N-ethyl adjacent to an activating group) is 1. The van der Waals surface area contributed by atoms with Crippen LogP contribution < -0.4 is 10.1 Å². The highest BCUT2D eigenvalue weighted by molar-refractivity contribution is 5.99. The maximum Gasteiger partial charge on any atom is 0.254 e. The maximum absolute atomic E-state index is 12.5. The number of nitrogens with one attached hydrogen (secondary N) is 1. The first-order chi connectivity index (χ1) is 12.3. The predicted octanol–water partition coefficient (Wildman–Crippen LogP) is 3.72. The lowest BCUT2D eigenvalue weighted by atomic mass is 10.1. The van der Waals surface area contributed by atoms with Gasteiger partial charge in [0.2, 0.25) is 5.91 Å². The molecular formula is C21H26N2O3. The third-order valence-electron chi connectivity index (χ3n) is 4.08. The van der Waals surface area contributed by atoms with Crippen LogP contribution in [0.4, 0.5) is 5.69 Å². The number of amides is 2. The van der Waals surface area contributed by atoms with E-state index in [0.29, 0.717) is 12.2 Å². The Morgan fingerprint density at radius 3 is 2.15 bits per heavy atom. The van der Waals surface area contributed by atoms with E-state index in [4.69, 9.17) is 4.74 Å². The average molecular weight is 354 g/mol. The third-order valence-corrected chi connectivity index (χ3v) is 4.08. The molecule has 2 aromatic rings. The Kier molecular flexibility index (Phi) is 6.39. The van der Waals surface area contributed by atoms with Crippen molar-refractivity contribution >= 4 is 17.5 Å². The van der Waals surface area contributed by atoms with Gasteiger partial charge in [0.05, 0.1) is 13.2 Å². The smallest absolute Gasteiger partial charge is 0.254 e. The minimum absolute atomic E-state index is 0.0151. The number of hydrogen-bond acceptors (Lipinski definition) is 3. The van der Waals surface area contributed by atoms with Crippen LogP contribution in [0.5, 0.6) is 5.75 Å². The quantitative estimate of drug-likeness (QED) is 0.860. The number of carbonyl (C=O) groups is 2. The second-order valence-electron chi connectivity index (χ2n) is 6.44. The first-order valence-electron chi connectivity index (χ1n) is 8.67. The fourth-order valence-electron chi connectivity index (χ4n) is 2.92. The van der Waals surface area contributed by atoms with E-state index in [1.807, 2.05) is 39.8 Å². The van der Waals surface area contributed by atoms with Crippen molar-refractivity contribution < 1.29 is 14.3 Å². The van der Waals surface area contributed by atoms with E-state index in [-0.39, 0.29) is 18.4 Å². The van der Waals surface area contributed by atoms with Gasteiger partial charge in [-0.1, -0.05) is 17.7 Å². The van der Waals surface area contributed by atoms with Gasteiger partial charge in [-0.3, -0.25) is 9.59 Å². The van der Waals surface area contributed by atoms with Gasteiger partial charge >= 0.3 is 0 Å². The molecule has 0 bridgehead atoms. The van der Waals surface area contributed by atoms with Crippen LogP contribution in [-0.2, 0) is 4.79 Å². The standard InChI is InChI=1S/C21H26N2O3/c1-6-26-18-9-7-17(8-10-18)21(25)23(5)13-19(24)22-20-15(3)11-14(2)12-16(20)4/h7-12H,6,13H2,1-5H3,(H,22,24). The summed E-state index contributed by atoms with van der Waals surface area (Å²) < 4.78 is 5.37. The summed E-state index contributed by atoms with van der Waals surface area (Å²) in [6, 6.07) is 11.0. The highest BCUT2D eigenvalue weighted by Gasteiger charge is 2.16. The molecule has 0 unspecified atom stereocenters. The number of aryl methyl sites for hydroxylation is 3.